The summed E-state index contributed by atoms with van der Waals surface area (Å²) in [5, 5.41) is 6.39. The Bertz CT molecular complexity index is 353. The third-order valence-electron chi connectivity index (χ3n) is 4.63. The molecule has 1 aliphatic carbocycles. The van der Waals surface area contributed by atoms with Crippen molar-refractivity contribution < 1.29 is 9.59 Å². The number of carbonyl (C=O) groups is 2. The molecule has 0 aromatic carbocycles. The first-order valence-corrected chi connectivity index (χ1v) is 7.89. The standard InChI is InChI=1S/C15H27N3O2/c1-11-12(2)16-10-18(15(11)20)9-8-14(19)17-13-6-4-3-5-7-13/h11-13,16H,3-10H2,1-2H3,(H,17,19). The molecule has 1 aliphatic heterocycles. The lowest BCUT2D eigenvalue weighted by Crippen LogP contribution is -2.55. The highest BCUT2D eigenvalue weighted by molar-refractivity contribution is 5.81. The Morgan fingerprint density at radius 3 is 2.70 bits per heavy atom. The molecule has 0 spiro atoms. The molecule has 0 aromatic rings. The Kier molecular flexibility index (Phi) is 5.40. The predicted molar refractivity (Wildman–Crippen MR) is 78.0 cm³/mol. The summed E-state index contributed by atoms with van der Waals surface area (Å²) in [7, 11) is 0. The lowest BCUT2D eigenvalue weighted by atomic mass is 9.95. The van der Waals surface area contributed by atoms with Gasteiger partial charge in [-0.05, 0) is 19.8 Å². The molecule has 1 saturated carbocycles. The Labute approximate surface area is 121 Å². The van der Waals surface area contributed by atoms with Gasteiger partial charge >= 0.3 is 0 Å². The van der Waals surface area contributed by atoms with E-state index in [-0.39, 0.29) is 23.8 Å². The van der Waals surface area contributed by atoms with E-state index in [0.717, 1.165) is 12.8 Å². The van der Waals surface area contributed by atoms with Crippen LogP contribution < -0.4 is 10.6 Å². The fourth-order valence-electron chi connectivity index (χ4n) is 2.98. The van der Waals surface area contributed by atoms with Gasteiger partial charge in [0.15, 0.2) is 0 Å². The minimum atomic E-state index is -0.00912. The molecule has 0 radical (unpaired) electrons. The number of rotatable bonds is 4. The average molecular weight is 281 g/mol. The molecule has 2 atom stereocenters. The molecule has 2 rings (SSSR count). The first-order chi connectivity index (χ1) is 9.58. The Hall–Kier alpha value is -1.10. The summed E-state index contributed by atoms with van der Waals surface area (Å²) in [6, 6.07) is 0.570. The van der Waals surface area contributed by atoms with Crippen LogP contribution in [0.15, 0.2) is 0 Å². The van der Waals surface area contributed by atoms with Gasteiger partial charge in [0.1, 0.15) is 0 Å². The minimum Gasteiger partial charge on any atom is -0.353 e. The molecule has 114 valence electrons. The molecule has 2 N–H and O–H groups in total. The van der Waals surface area contributed by atoms with Crippen LogP contribution in [0.25, 0.3) is 0 Å². The largest absolute Gasteiger partial charge is 0.353 e. The zero-order valence-electron chi connectivity index (χ0n) is 12.7. The van der Waals surface area contributed by atoms with Crippen LogP contribution in [0.1, 0.15) is 52.4 Å². The molecule has 2 amide bonds. The van der Waals surface area contributed by atoms with E-state index in [1.54, 1.807) is 4.90 Å². The number of hydrogen-bond acceptors (Lipinski definition) is 3. The zero-order chi connectivity index (χ0) is 14.5. The smallest absolute Gasteiger partial charge is 0.228 e. The second-order valence-electron chi connectivity index (χ2n) is 6.19. The number of nitrogens with one attached hydrogen (secondary N) is 2. The summed E-state index contributed by atoms with van der Waals surface area (Å²) in [5.41, 5.74) is 0. The van der Waals surface area contributed by atoms with Crippen molar-refractivity contribution in [1.29, 1.82) is 0 Å². The fourth-order valence-corrected chi connectivity index (χ4v) is 2.98. The number of carbonyl (C=O) groups excluding carboxylic acids is 2. The Balaban J connectivity index is 1.71. The van der Waals surface area contributed by atoms with Crippen molar-refractivity contribution in [2.45, 2.75) is 64.5 Å². The quantitative estimate of drug-likeness (QED) is 0.815. The van der Waals surface area contributed by atoms with Crippen LogP contribution in [0.3, 0.4) is 0 Å². The van der Waals surface area contributed by atoms with Crippen molar-refractivity contribution in [2.24, 2.45) is 5.92 Å². The molecule has 1 heterocycles. The maximum atomic E-state index is 12.1. The topological polar surface area (TPSA) is 61.4 Å². The summed E-state index contributed by atoms with van der Waals surface area (Å²) in [6.07, 6.45) is 6.33. The van der Waals surface area contributed by atoms with Crippen molar-refractivity contribution in [3.8, 4) is 0 Å². The van der Waals surface area contributed by atoms with Gasteiger partial charge in [-0.2, -0.15) is 0 Å². The molecule has 5 heteroatoms. The minimum absolute atomic E-state index is 0.00912. The number of nitrogens with zero attached hydrogens (tertiary/aromatic N) is 1. The van der Waals surface area contributed by atoms with Gasteiger partial charge in [0.25, 0.3) is 0 Å². The van der Waals surface area contributed by atoms with E-state index < -0.39 is 0 Å². The summed E-state index contributed by atoms with van der Waals surface area (Å²) >= 11 is 0. The molecule has 2 unspecified atom stereocenters. The van der Waals surface area contributed by atoms with Gasteiger partial charge in [-0.15, -0.1) is 0 Å². The average Bonchev–Trinajstić information content (AvgIpc) is 2.45. The van der Waals surface area contributed by atoms with Gasteiger partial charge in [-0.3, -0.25) is 14.9 Å². The Morgan fingerprint density at radius 2 is 2.00 bits per heavy atom. The van der Waals surface area contributed by atoms with E-state index in [1.165, 1.54) is 19.3 Å². The molecule has 5 nitrogen and oxygen atoms in total. The first kappa shape index (κ1) is 15.3. The second-order valence-corrected chi connectivity index (χ2v) is 6.19. The third-order valence-corrected chi connectivity index (χ3v) is 4.63. The predicted octanol–water partition coefficient (Wildman–Crippen LogP) is 1.24. The van der Waals surface area contributed by atoms with Crippen LogP contribution in [-0.4, -0.2) is 42.0 Å². The van der Waals surface area contributed by atoms with E-state index in [0.29, 0.717) is 25.7 Å². The van der Waals surface area contributed by atoms with Crippen molar-refractivity contribution >= 4 is 11.8 Å². The van der Waals surface area contributed by atoms with E-state index in [1.807, 2.05) is 13.8 Å². The molecular weight excluding hydrogens is 254 g/mol. The van der Waals surface area contributed by atoms with Gasteiger partial charge in [0, 0.05) is 25.0 Å². The maximum Gasteiger partial charge on any atom is 0.228 e. The van der Waals surface area contributed by atoms with Crippen molar-refractivity contribution in [3.05, 3.63) is 0 Å². The monoisotopic (exact) mass is 281 g/mol. The van der Waals surface area contributed by atoms with Crippen LogP contribution in [0.4, 0.5) is 0 Å². The molecule has 20 heavy (non-hydrogen) atoms. The van der Waals surface area contributed by atoms with Gasteiger partial charge in [0.05, 0.1) is 12.6 Å². The summed E-state index contributed by atoms with van der Waals surface area (Å²) in [4.78, 5) is 25.8. The summed E-state index contributed by atoms with van der Waals surface area (Å²) < 4.78 is 0. The van der Waals surface area contributed by atoms with Crippen LogP contribution >= 0.6 is 0 Å². The van der Waals surface area contributed by atoms with Crippen LogP contribution in [0.5, 0.6) is 0 Å². The van der Waals surface area contributed by atoms with Crippen molar-refractivity contribution in [3.63, 3.8) is 0 Å². The SMILES string of the molecule is CC1NCN(CCC(=O)NC2CCCCC2)C(=O)C1C. The second kappa shape index (κ2) is 7.07. The van der Waals surface area contributed by atoms with Gasteiger partial charge in [0.2, 0.25) is 11.8 Å². The molecular formula is C15H27N3O2. The van der Waals surface area contributed by atoms with E-state index >= 15 is 0 Å². The molecule has 2 aliphatic rings. The summed E-state index contributed by atoms with van der Waals surface area (Å²) in [6.45, 7) is 5.03. The van der Waals surface area contributed by atoms with Gasteiger partial charge in [-0.25, -0.2) is 0 Å². The van der Waals surface area contributed by atoms with E-state index in [4.69, 9.17) is 0 Å². The lowest BCUT2D eigenvalue weighted by molar-refractivity contribution is -0.140. The van der Waals surface area contributed by atoms with Crippen molar-refractivity contribution in [2.75, 3.05) is 13.2 Å². The normalized spacial score (nSPS) is 28.5. The number of hydrogen-bond donors (Lipinski definition) is 2. The first-order valence-electron chi connectivity index (χ1n) is 7.89. The molecule has 1 saturated heterocycles. The van der Waals surface area contributed by atoms with E-state index in [9.17, 15) is 9.59 Å². The van der Waals surface area contributed by atoms with Gasteiger partial charge < -0.3 is 10.2 Å². The molecule has 2 fully saturated rings. The van der Waals surface area contributed by atoms with Crippen LogP contribution in [-0.2, 0) is 9.59 Å². The zero-order valence-corrected chi connectivity index (χ0v) is 12.7. The lowest BCUT2D eigenvalue weighted by Gasteiger charge is -2.35. The van der Waals surface area contributed by atoms with Crippen molar-refractivity contribution in [1.82, 2.24) is 15.5 Å². The number of amides is 2. The highest BCUT2D eigenvalue weighted by Crippen LogP contribution is 2.17. The Morgan fingerprint density at radius 1 is 1.30 bits per heavy atom. The van der Waals surface area contributed by atoms with Gasteiger partial charge in [-0.1, -0.05) is 26.2 Å². The molecule has 0 bridgehead atoms. The summed E-state index contributed by atoms with van der Waals surface area (Å²) in [5.74, 6) is 0.225. The highest BCUT2D eigenvalue weighted by Gasteiger charge is 2.30. The third kappa shape index (κ3) is 3.95. The fraction of sp³-hybridized carbons (Fsp3) is 0.867. The maximum absolute atomic E-state index is 12.1. The van der Waals surface area contributed by atoms with Crippen LogP contribution in [0, 0.1) is 5.92 Å². The highest BCUT2D eigenvalue weighted by atomic mass is 16.2. The van der Waals surface area contributed by atoms with Crippen LogP contribution in [0.2, 0.25) is 0 Å². The molecule has 0 aromatic heterocycles. The van der Waals surface area contributed by atoms with E-state index in [2.05, 4.69) is 10.6 Å².